The van der Waals surface area contributed by atoms with Gasteiger partial charge in [-0.05, 0) is 89.9 Å². The van der Waals surface area contributed by atoms with E-state index in [1.165, 1.54) is 167 Å². The van der Waals surface area contributed by atoms with Gasteiger partial charge in [-0.1, -0.05) is 204 Å². The molecule has 60 heavy (non-hydrogen) atoms. The van der Waals surface area contributed by atoms with Crippen molar-refractivity contribution in [3.8, 4) is 0 Å². The summed E-state index contributed by atoms with van der Waals surface area (Å²) in [4.78, 5) is 24.4. The monoisotopic (exact) mass is 842 g/mol. The molecular weight excluding hydrogens is 743 g/mol. The maximum atomic E-state index is 12.4. The number of ether oxygens (including phenoxy) is 1. The highest BCUT2D eigenvalue weighted by atomic mass is 16.5. The van der Waals surface area contributed by atoms with Gasteiger partial charge in [0.1, 0.15) is 0 Å². The molecule has 0 bridgehead atoms. The molecular formula is C54H99NO5. The van der Waals surface area contributed by atoms with E-state index in [1.807, 2.05) is 6.08 Å². The number of rotatable bonds is 47. The number of esters is 1. The minimum atomic E-state index is -0.849. The van der Waals surface area contributed by atoms with Gasteiger partial charge < -0.3 is 20.3 Å². The molecule has 0 aromatic heterocycles. The Kier molecular flexibility index (Phi) is 47.7. The van der Waals surface area contributed by atoms with E-state index in [-0.39, 0.29) is 18.5 Å². The third-order valence-electron chi connectivity index (χ3n) is 11.6. The fourth-order valence-electron chi connectivity index (χ4n) is 7.54. The van der Waals surface area contributed by atoms with Gasteiger partial charge in [0.15, 0.2) is 0 Å². The summed E-state index contributed by atoms with van der Waals surface area (Å²) >= 11 is 0. The first-order valence-electron chi connectivity index (χ1n) is 25.9. The number of hydrogen-bond acceptors (Lipinski definition) is 5. The van der Waals surface area contributed by atoms with Crippen LogP contribution < -0.4 is 5.32 Å². The van der Waals surface area contributed by atoms with Crippen LogP contribution in [0, 0.1) is 0 Å². The number of amides is 1. The number of carbonyl (C=O) groups is 2. The Labute approximate surface area is 372 Å². The Morgan fingerprint density at radius 2 is 0.833 bits per heavy atom. The van der Waals surface area contributed by atoms with Gasteiger partial charge in [0, 0.05) is 12.8 Å². The summed E-state index contributed by atoms with van der Waals surface area (Å²) in [5.74, 6) is -0.0942. The van der Waals surface area contributed by atoms with E-state index < -0.39 is 12.1 Å². The summed E-state index contributed by atoms with van der Waals surface area (Å²) < 4.78 is 5.46. The lowest BCUT2D eigenvalue weighted by Crippen LogP contribution is -2.45. The Balaban J connectivity index is 3.45. The van der Waals surface area contributed by atoms with Crippen LogP contribution in [0.5, 0.6) is 0 Å². The van der Waals surface area contributed by atoms with Crippen LogP contribution in [0.15, 0.2) is 48.6 Å². The number of nitrogens with one attached hydrogen (secondary N) is 1. The fraction of sp³-hybridized carbons (Fsp3) is 0.815. The van der Waals surface area contributed by atoms with E-state index in [4.69, 9.17) is 4.74 Å². The van der Waals surface area contributed by atoms with E-state index in [9.17, 15) is 19.8 Å². The first-order chi connectivity index (χ1) is 29.5. The summed E-state index contributed by atoms with van der Waals surface area (Å²) in [6, 6.07) is -0.634. The summed E-state index contributed by atoms with van der Waals surface area (Å²) in [7, 11) is 0. The molecule has 0 aromatic rings. The fourth-order valence-corrected chi connectivity index (χ4v) is 7.54. The molecule has 2 unspecified atom stereocenters. The second kappa shape index (κ2) is 49.5. The Hall–Kier alpha value is -2.18. The van der Waals surface area contributed by atoms with E-state index in [1.54, 1.807) is 6.08 Å². The quantitative estimate of drug-likeness (QED) is 0.0322. The van der Waals surface area contributed by atoms with Crippen molar-refractivity contribution in [2.45, 2.75) is 270 Å². The number of allylic oxidation sites excluding steroid dienone is 7. The predicted molar refractivity (Wildman–Crippen MR) is 259 cm³/mol. The lowest BCUT2D eigenvalue weighted by molar-refractivity contribution is -0.143. The molecule has 0 saturated heterocycles. The van der Waals surface area contributed by atoms with Crippen molar-refractivity contribution in [1.82, 2.24) is 5.32 Å². The highest BCUT2D eigenvalue weighted by Gasteiger charge is 2.18. The average molecular weight is 842 g/mol. The van der Waals surface area contributed by atoms with Crippen LogP contribution in [0.4, 0.5) is 0 Å². The minimum Gasteiger partial charge on any atom is -0.466 e. The maximum absolute atomic E-state index is 12.4. The van der Waals surface area contributed by atoms with Crippen molar-refractivity contribution >= 4 is 11.9 Å². The van der Waals surface area contributed by atoms with Crippen LogP contribution in [0.3, 0.4) is 0 Å². The maximum Gasteiger partial charge on any atom is 0.305 e. The third-order valence-corrected chi connectivity index (χ3v) is 11.6. The van der Waals surface area contributed by atoms with E-state index in [2.05, 4.69) is 55.6 Å². The van der Waals surface area contributed by atoms with Crippen LogP contribution in [0.1, 0.15) is 258 Å². The predicted octanol–water partition coefficient (Wildman–Crippen LogP) is 15.5. The van der Waals surface area contributed by atoms with Crippen molar-refractivity contribution in [2.75, 3.05) is 13.2 Å². The molecule has 0 aliphatic heterocycles. The van der Waals surface area contributed by atoms with Crippen LogP contribution in [0.2, 0.25) is 0 Å². The van der Waals surface area contributed by atoms with E-state index in [0.29, 0.717) is 19.4 Å². The average Bonchev–Trinajstić information content (AvgIpc) is 3.25. The van der Waals surface area contributed by atoms with Crippen LogP contribution in [-0.4, -0.2) is 47.4 Å². The van der Waals surface area contributed by atoms with E-state index >= 15 is 0 Å². The van der Waals surface area contributed by atoms with Crippen LogP contribution >= 0.6 is 0 Å². The molecule has 0 heterocycles. The number of hydrogen-bond donors (Lipinski definition) is 3. The van der Waals surface area contributed by atoms with E-state index in [0.717, 1.165) is 64.2 Å². The number of aliphatic hydroxyl groups excluding tert-OH is 2. The zero-order valence-corrected chi connectivity index (χ0v) is 39.7. The molecule has 0 aromatic carbocycles. The summed E-state index contributed by atoms with van der Waals surface area (Å²) in [5, 5.41) is 22.9. The van der Waals surface area contributed by atoms with Gasteiger partial charge in [-0.15, -0.1) is 0 Å². The number of unbranched alkanes of at least 4 members (excludes halogenated alkanes) is 30. The Bertz CT molecular complexity index is 1020. The first kappa shape index (κ1) is 57.8. The Morgan fingerprint density at radius 1 is 0.467 bits per heavy atom. The topological polar surface area (TPSA) is 95.9 Å². The molecule has 0 rings (SSSR count). The largest absolute Gasteiger partial charge is 0.466 e. The highest BCUT2D eigenvalue weighted by Crippen LogP contribution is 2.14. The van der Waals surface area contributed by atoms with Gasteiger partial charge in [-0.25, -0.2) is 0 Å². The van der Waals surface area contributed by atoms with Crippen LogP contribution in [0.25, 0.3) is 0 Å². The Morgan fingerprint density at radius 3 is 1.32 bits per heavy atom. The molecule has 0 fully saturated rings. The summed E-state index contributed by atoms with van der Waals surface area (Å²) in [6.07, 6.45) is 61.2. The molecule has 0 spiro atoms. The van der Waals surface area contributed by atoms with Crippen molar-refractivity contribution in [3.63, 3.8) is 0 Å². The second-order valence-corrected chi connectivity index (χ2v) is 17.5. The molecule has 0 radical (unpaired) electrons. The van der Waals surface area contributed by atoms with Crippen molar-refractivity contribution in [3.05, 3.63) is 48.6 Å². The second-order valence-electron chi connectivity index (χ2n) is 17.5. The molecule has 0 aliphatic rings. The normalized spacial score (nSPS) is 13.1. The van der Waals surface area contributed by atoms with Gasteiger partial charge in [0.05, 0.1) is 25.4 Å². The lowest BCUT2D eigenvalue weighted by Gasteiger charge is -2.20. The SMILES string of the molecule is CCCCC/C=C\C/C=C\CCCCCCCC(=O)OCCCCCCCCCC/C=C\CCCCCCCCCC(=O)NC(CO)C(O)/C=C/CCCCCCCCC. The molecule has 1 amide bonds. The molecule has 6 heteroatoms. The summed E-state index contributed by atoms with van der Waals surface area (Å²) in [5.41, 5.74) is 0. The van der Waals surface area contributed by atoms with Gasteiger partial charge >= 0.3 is 5.97 Å². The molecule has 0 saturated carbocycles. The molecule has 3 N–H and O–H groups in total. The minimum absolute atomic E-state index is 0.0120. The lowest BCUT2D eigenvalue weighted by atomic mass is 10.1. The van der Waals surface area contributed by atoms with Gasteiger partial charge in [-0.2, -0.15) is 0 Å². The zero-order valence-electron chi connectivity index (χ0n) is 39.7. The molecule has 0 aliphatic carbocycles. The van der Waals surface area contributed by atoms with Gasteiger partial charge in [0.2, 0.25) is 5.91 Å². The molecule has 2 atom stereocenters. The molecule has 6 nitrogen and oxygen atoms in total. The number of aliphatic hydroxyl groups is 2. The van der Waals surface area contributed by atoms with Gasteiger partial charge in [0.25, 0.3) is 0 Å². The smallest absolute Gasteiger partial charge is 0.305 e. The number of carbonyl (C=O) groups excluding carboxylic acids is 2. The highest BCUT2D eigenvalue weighted by molar-refractivity contribution is 5.76. The summed E-state index contributed by atoms with van der Waals surface area (Å²) in [6.45, 7) is 4.82. The third kappa shape index (κ3) is 45.3. The first-order valence-corrected chi connectivity index (χ1v) is 25.9. The van der Waals surface area contributed by atoms with Crippen molar-refractivity contribution < 1.29 is 24.5 Å². The zero-order chi connectivity index (χ0) is 43.7. The van der Waals surface area contributed by atoms with Crippen LogP contribution in [-0.2, 0) is 14.3 Å². The molecule has 350 valence electrons. The van der Waals surface area contributed by atoms with Crippen molar-refractivity contribution in [2.24, 2.45) is 0 Å². The van der Waals surface area contributed by atoms with Crippen molar-refractivity contribution in [1.29, 1.82) is 0 Å². The van der Waals surface area contributed by atoms with Gasteiger partial charge in [-0.3, -0.25) is 9.59 Å². The standard InChI is InChI=1S/C54H99NO5/c1-3-5-7-9-11-13-14-15-21-25-28-32-36-40-44-48-54(59)60-49-45-41-37-33-29-26-23-20-18-16-17-19-22-24-27-31-35-39-43-47-53(58)55-51(50-56)52(57)46-42-38-34-30-12-10-8-6-4-2/h11,13,15-17,21,42,46,51-52,56-57H,3-10,12,14,18-20,22-41,43-45,47-50H2,1-2H3,(H,55,58)/b13-11-,17-16-,21-15-,46-42+.